The number of nitrogens with one attached hydrogen (secondary N) is 1. The average molecular weight is 452 g/mol. The molecule has 0 saturated heterocycles. The predicted octanol–water partition coefficient (Wildman–Crippen LogP) is 4.37. The minimum Gasteiger partial charge on any atom is -0.298 e. The Kier molecular flexibility index (Phi) is 6.30. The van der Waals surface area contributed by atoms with Gasteiger partial charge in [-0.2, -0.15) is 4.31 Å². The van der Waals surface area contributed by atoms with Gasteiger partial charge in [-0.3, -0.25) is 10.1 Å². The van der Waals surface area contributed by atoms with Gasteiger partial charge >= 0.3 is 0 Å². The third kappa shape index (κ3) is 4.55. The molecule has 0 radical (unpaired) electrons. The molecule has 0 spiro atoms. The summed E-state index contributed by atoms with van der Waals surface area (Å²) in [6, 6.07) is 8.51. The van der Waals surface area contributed by atoms with Crippen LogP contribution in [0.5, 0.6) is 0 Å². The van der Waals surface area contributed by atoms with Gasteiger partial charge in [-0.1, -0.05) is 0 Å². The van der Waals surface area contributed by atoms with Gasteiger partial charge in [0, 0.05) is 35.7 Å². The molecule has 0 unspecified atom stereocenters. The van der Waals surface area contributed by atoms with Crippen LogP contribution >= 0.6 is 11.3 Å². The number of rotatable bonds is 6. The van der Waals surface area contributed by atoms with Crippen molar-refractivity contribution in [3.63, 3.8) is 0 Å². The van der Waals surface area contributed by atoms with E-state index in [-0.39, 0.29) is 32.9 Å². The van der Waals surface area contributed by atoms with Crippen molar-refractivity contribution in [2.45, 2.75) is 24.8 Å². The summed E-state index contributed by atoms with van der Waals surface area (Å²) in [7, 11) is -2.15. The van der Waals surface area contributed by atoms with Crippen molar-refractivity contribution in [1.82, 2.24) is 9.29 Å². The summed E-state index contributed by atoms with van der Waals surface area (Å²) in [6.07, 6.45) is 0. The van der Waals surface area contributed by atoms with Gasteiger partial charge in [0.2, 0.25) is 10.0 Å². The third-order valence-electron chi connectivity index (χ3n) is 4.45. The molecular formula is C20H19F2N3O3S2. The molecule has 0 atom stereocenters. The number of hydrogen-bond donors (Lipinski definition) is 1. The van der Waals surface area contributed by atoms with Crippen LogP contribution in [0.3, 0.4) is 0 Å². The van der Waals surface area contributed by atoms with Crippen LogP contribution in [0.15, 0.2) is 52.7 Å². The fourth-order valence-corrected chi connectivity index (χ4v) is 4.62. The molecule has 158 valence electrons. The summed E-state index contributed by atoms with van der Waals surface area (Å²) in [5, 5.41) is 4.37. The van der Waals surface area contributed by atoms with Crippen LogP contribution in [0.4, 0.5) is 13.9 Å². The minimum absolute atomic E-state index is 0.0820. The third-order valence-corrected chi connectivity index (χ3v) is 7.26. The van der Waals surface area contributed by atoms with Crippen molar-refractivity contribution < 1.29 is 22.0 Å². The second-order valence-corrected chi connectivity index (χ2v) is 9.61. The molecule has 1 N–H and O–H groups in total. The minimum atomic E-state index is -3.64. The number of amides is 1. The van der Waals surface area contributed by atoms with Gasteiger partial charge in [-0.05, 0) is 50.2 Å². The molecule has 30 heavy (non-hydrogen) atoms. The Morgan fingerprint density at radius 2 is 1.80 bits per heavy atom. The van der Waals surface area contributed by atoms with Gasteiger partial charge in [0.25, 0.3) is 5.91 Å². The quantitative estimate of drug-likeness (QED) is 0.604. The molecule has 0 bridgehead atoms. The molecule has 0 saturated carbocycles. The van der Waals surface area contributed by atoms with Crippen LogP contribution < -0.4 is 5.32 Å². The Bertz CT molecular complexity index is 1180. The fourth-order valence-electron chi connectivity index (χ4n) is 2.54. The largest absolute Gasteiger partial charge is 0.298 e. The first kappa shape index (κ1) is 22.0. The van der Waals surface area contributed by atoms with E-state index in [1.165, 1.54) is 41.7 Å². The van der Waals surface area contributed by atoms with Gasteiger partial charge in [0.15, 0.2) is 5.13 Å². The van der Waals surface area contributed by atoms with Crippen LogP contribution in [0, 0.1) is 11.6 Å². The number of sulfonamides is 1. The summed E-state index contributed by atoms with van der Waals surface area (Å²) >= 11 is 1.09. The monoisotopic (exact) mass is 451 g/mol. The number of nitrogens with zero attached hydrogens (tertiary/aromatic N) is 2. The number of thiazole rings is 1. The summed E-state index contributed by atoms with van der Waals surface area (Å²) in [5.74, 6) is -1.93. The van der Waals surface area contributed by atoms with Crippen molar-refractivity contribution in [1.29, 1.82) is 0 Å². The number of aromatic nitrogens is 1. The highest BCUT2D eigenvalue weighted by Gasteiger charge is 2.23. The molecule has 0 aliphatic carbocycles. The molecule has 1 heterocycles. The zero-order valence-corrected chi connectivity index (χ0v) is 18.0. The molecule has 0 aliphatic rings. The number of benzene rings is 2. The average Bonchev–Trinajstić information content (AvgIpc) is 3.15. The zero-order valence-electron chi connectivity index (χ0n) is 16.4. The Morgan fingerprint density at radius 1 is 1.13 bits per heavy atom. The van der Waals surface area contributed by atoms with E-state index in [1.807, 2.05) is 0 Å². The second kappa shape index (κ2) is 8.58. The maximum Gasteiger partial charge on any atom is 0.257 e. The van der Waals surface area contributed by atoms with E-state index in [2.05, 4.69) is 10.3 Å². The number of halogens is 2. The Morgan fingerprint density at radius 3 is 2.40 bits per heavy atom. The van der Waals surface area contributed by atoms with E-state index in [1.54, 1.807) is 19.2 Å². The molecule has 0 fully saturated rings. The number of carbonyl (C=O) groups excluding carboxylic acids is 1. The maximum absolute atomic E-state index is 13.9. The lowest BCUT2D eigenvalue weighted by Crippen LogP contribution is -2.33. The molecule has 1 amide bonds. The van der Waals surface area contributed by atoms with Crippen molar-refractivity contribution in [2.24, 2.45) is 0 Å². The Balaban J connectivity index is 1.75. The van der Waals surface area contributed by atoms with E-state index in [0.717, 1.165) is 23.5 Å². The van der Waals surface area contributed by atoms with E-state index >= 15 is 0 Å². The standard InChI is InChI=1S/C20H19F2N3O3S2/c1-12(2)25(3)30(27,28)15-7-4-13(5-8-15)19(26)24-20-23-18(11-29-20)16-9-6-14(21)10-17(16)22/h4-12H,1-3H3,(H,23,24,26). The lowest BCUT2D eigenvalue weighted by molar-refractivity contribution is 0.102. The first-order valence-corrected chi connectivity index (χ1v) is 11.2. The van der Waals surface area contributed by atoms with E-state index in [9.17, 15) is 22.0 Å². The van der Waals surface area contributed by atoms with Crippen LogP contribution in [-0.4, -0.2) is 36.7 Å². The highest BCUT2D eigenvalue weighted by atomic mass is 32.2. The summed E-state index contributed by atoms with van der Waals surface area (Å²) < 4.78 is 53.2. The Labute approximate surface area is 177 Å². The van der Waals surface area contributed by atoms with Crippen molar-refractivity contribution >= 4 is 32.4 Å². The smallest absolute Gasteiger partial charge is 0.257 e. The summed E-state index contributed by atoms with van der Waals surface area (Å²) in [5.41, 5.74) is 0.633. The van der Waals surface area contributed by atoms with Gasteiger partial charge < -0.3 is 0 Å². The molecule has 3 rings (SSSR count). The van der Waals surface area contributed by atoms with Gasteiger partial charge in [0.05, 0.1) is 10.6 Å². The summed E-state index contributed by atoms with van der Waals surface area (Å²) in [6.45, 7) is 3.53. The van der Waals surface area contributed by atoms with Crippen LogP contribution in [0.25, 0.3) is 11.3 Å². The predicted molar refractivity (Wildman–Crippen MR) is 112 cm³/mol. The van der Waals surface area contributed by atoms with Crippen LogP contribution in [-0.2, 0) is 10.0 Å². The highest BCUT2D eigenvalue weighted by Crippen LogP contribution is 2.28. The van der Waals surface area contributed by atoms with Crippen LogP contribution in [0.2, 0.25) is 0 Å². The van der Waals surface area contributed by atoms with Crippen molar-refractivity contribution in [3.8, 4) is 11.3 Å². The number of carbonyl (C=O) groups is 1. The van der Waals surface area contributed by atoms with Crippen LogP contribution in [0.1, 0.15) is 24.2 Å². The Hall–Kier alpha value is -2.69. The second-order valence-electron chi connectivity index (χ2n) is 6.76. The molecule has 3 aromatic rings. The van der Waals surface area contributed by atoms with Gasteiger partial charge in [-0.15, -0.1) is 11.3 Å². The fraction of sp³-hybridized carbons (Fsp3) is 0.200. The zero-order chi connectivity index (χ0) is 22.1. The van der Waals surface area contributed by atoms with Gasteiger partial charge in [-0.25, -0.2) is 22.2 Å². The lowest BCUT2D eigenvalue weighted by Gasteiger charge is -2.20. The highest BCUT2D eigenvalue weighted by molar-refractivity contribution is 7.89. The van der Waals surface area contributed by atoms with E-state index in [0.29, 0.717) is 0 Å². The van der Waals surface area contributed by atoms with Crippen molar-refractivity contribution in [3.05, 3.63) is 65.0 Å². The first-order chi connectivity index (χ1) is 14.1. The van der Waals surface area contributed by atoms with E-state index in [4.69, 9.17) is 0 Å². The molecule has 0 aliphatic heterocycles. The van der Waals surface area contributed by atoms with Crippen molar-refractivity contribution in [2.75, 3.05) is 12.4 Å². The maximum atomic E-state index is 13.9. The SMILES string of the molecule is CC(C)N(C)S(=O)(=O)c1ccc(C(=O)Nc2nc(-c3ccc(F)cc3F)cs2)cc1. The van der Waals surface area contributed by atoms with Gasteiger partial charge in [0.1, 0.15) is 11.6 Å². The topological polar surface area (TPSA) is 79.4 Å². The van der Waals surface area contributed by atoms with E-state index < -0.39 is 27.6 Å². The molecular weight excluding hydrogens is 432 g/mol. The molecule has 6 nitrogen and oxygen atoms in total. The normalized spacial score (nSPS) is 11.8. The summed E-state index contributed by atoms with van der Waals surface area (Å²) in [4.78, 5) is 16.7. The first-order valence-electron chi connectivity index (χ1n) is 8.90. The number of anilines is 1. The lowest BCUT2D eigenvalue weighted by atomic mass is 10.1. The molecule has 10 heteroatoms. The molecule has 2 aromatic carbocycles. The molecule has 1 aromatic heterocycles. The number of hydrogen-bond acceptors (Lipinski definition) is 5.